The fourth-order valence-electron chi connectivity index (χ4n) is 2.91. The van der Waals surface area contributed by atoms with E-state index in [4.69, 9.17) is 0 Å². The normalized spacial score (nSPS) is 34.7. The van der Waals surface area contributed by atoms with Crippen LogP contribution < -0.4 is 5.32 Å². The molecule has 2 heterocycles. The number of hydrogen-bond acceptors (Lipinski definition) is 4. The van der Waals surface area contributed by atoms with Gasteiger partial charge in [0.25, 0.3) is 0 Å². The van der Waals surface area contributed by atoms with Crippen LogP contribution >= 0.6 is 11.8 Å². The van der Waals surface area contributed by atoms with Crippen molar-refractivity contribution in [2.75, 3.05) is 12.3 Å². The third kappa shape index (κ3) is 2.89. The molecule has 2 rings (SSSR count). The van der Waals surface area contributed by atoms with Gasteiger partial charge in [-0.3, -0.25) is 4.79 Å². The Morgan fingerprint density at radius 3 is 2.74 bits per heavy atom. The van der Waals surface area contributed by atoms with E-state index in [9.17, 15) is 14.7 Å². The molecule has 1 amide bonds. The number of carbonyl (C=O) groups is 2. The molecule has 108 valence electrons. The molecule has 0 aromatic heterocycles. The van der Waals surface area contributed by atoms with Crippen LogP contribution in [0.5, 0.6) is 0 Å². The van der Waals surface area contributed by atoms with E-state index in [0.717, 1.165) is 25.8 Å². The van der Waals surface area contributed by atoms with Crippen LogP contribution in [0.15, 0.2) is 0 Å². The lowest BCUT2D eigenvalue weighted by Gasteiger charge is -2.30. The molecule has 2 aliphatic rings. The first-order valence-corrected chi connectivity index (χ1v) is 8.01. The van der Waals surface area contributed by atoms with E-state index in [1.807, 2.05) is 6.92 Å². The molecule has 2 aliphatic heterocycles. The molecule has 0 radical (unpaired) electrons. The molecule has 2 N–H and O–H groups in total. The van der Waals surface area contributed by atoms with Crippen LogP contribution in [0.4, 0.5) is 0 Å². The highest BCUT2D eigenvalue weighted by Gasteiger charge is 2.44. The quantitative estimate of drug-likeness (QED) is 0.811. The van der Waals surface area contributed by atoms with Gasteiger partial charge in [0.2, 0.25) is 5.91 Å². The molecule has 0 bridgehead atoms. The highest BCUT2D eigenvalue weighted by Crippen LogP contribution is 2.35. The SMILES string of the molecule is CCCC1SCC(C(=O)O)N1C(=O)C1CCNC1C. The van der Waals surface area contributed by atoms with E-state index in [1.165, 1.54) is 0 Å². The van der Waals surface area contributed by atoms with Gasteiger partial charge in [0.15, 0.2) is 0 Å². The van der Waals surface area contributed by atoms with E-state index < -0.39 is 12.0 Å². The average Bonchev–Trinajstić information content (AvgIpc) is 2.95. The molecule has 0 aromatic rings. The van der Waals surface area contributed by atoms with E-state index in [1.54, 1.807) is 16.7 Å². The number of hydrogen-bond donors (Lipinski definition) is 2. The molecule has 0 spiro atoms. The van der Waals surface area contributed by atoms with Gasteiger partial charge in [-0.15, -0.1) is 11.8 Å². The highest BCUT2D eigenvalue weighted by molar-refractivity contribution is 8.00. The molecular formula is C13H22N2O3S. The minimum atomic E-state index is -0.877. The zero-order valence-electron chi connectivity index (χ0n) is 11.5. The van der Waals surface area contributed by atoms with Gasteiger partial charge >= 0.3 is 5.97 Å². The van der Waals surface area contributed by atoms with Crippen LogP contribution in [0.25, 0.3) is 0 Å². The number of nitrogens with zero attached hydrogens (tertiary/aromatic N) is 1. The van der Waals surface area contributed by atoms with Crippen molar-refractivity contribution in [3.8, 4) is 0 Å². The van der Waals surface area contributed by atoms with Crippen molar-refractivity contribution in [3.05, 3.63) is 0 Å². The number of carbonyl (C=O) groups excluding carboxylic acids is 1. The fraction of sp³-hybridized carbons (Fsp3) is 0.846. The minimum Gasteiger partial charge on any atom is -0.480 e. The molecule has 0 aromatic carbocycles. The van der Waals surface area contributed by atoms with Crippen LogP contribution in [-0.2, 0) is 9.59 Å². The number of nitrogens with one attached hydrogen (secondary N) is 1. The number of aliphatic carboxylic acids is 1. The maximum Gasteiger partial charge on any atom is 0.327 e. The summed E-state index contributed by atoms with van der Waals surface area (Å²) in [5.41, 5.74) is 0. The molecule has 4 atom stereocenters. The van der Waals surface area contributed by atoms with Crippen molar-refractivity contribution >= 4 is 23.6 Å². The predicted molar refractivity (Wildman–Crippen MR) is 75.0 cm³/mol. The summed E-state index contributed by atoms with van der Waals surface area (Å²) in [7, 11) is 0. The van der Waals surface area contributed by atoms with Crippen molar-refractivity contribution in [3.63, 3.8) is 0 Å². The van der Waals surface area contributed by atoms with Crippen LogP contribution in [0.1, 0.15) is 33.1 Å². The Balaban J connectivity index is 2.15. The lowest BCUT2D eigenvalue weighted by molar-refractivity contribution is -0.151. The van der Waals surface area contributed by atoms with Gasteiger partial charge in [-0.1, -0.05) is 13.3 Å². The Morgan fingerprint density at radius 2 is 2.21 bits per heavy atom. The Labute approximate surface area is 118 Å². The summed E-state index contributed by atoms with van der Waals surface area (Å²) >= 11 is 1.60. The fourth-order valence-corrected chi connectivity index (χ4v) is 4.43. The number of carboxylic acids is 1. The van der Waals surface area contributed by atoms with Gasteiger partial charge in [0.05, 0.1) is 11.3 Å². The summed E-state index contributed by atoms with van der Waals surface area (Å²) in [6.07, 6.45) is 2.65. The van der Waals surface area contributed by atoms with Gasteiger partial charge in [0, 0.05) is 11.8 Å². The van der Waals surface area contributed by atoms with Crippen molar-refractivity contribution in [2.24, 2.45) is 5.92 Å². The van der Waals surface area contributed by atoms with Crippen molar-refractivity contribution in [1.29, 1.82) is 0 Å². The number of thioether (sulfide) groups is 1. The summed E-state index contributed by atoms with van der Waals surface area (Å²) in [4.78, 5) is 25.7. The van der Waals surface area contributed by atoms with Crippen molar-refractivity contribution in [2.45, 2.75) is 50.6 Å². The zero-order valence-corrected chi connectivity index (χ0v) is 12.3. The molecule has 2 fully saturated rings. The van der Waals surface area contributed by atoms with E-state index in [2.05, 4.69) is 12.2 Å². The minimum absolute atomic E-state index is 0.0216. The highest BCUT2D eigenvalue weighted by atomic mass is 32.2. The van der Waals surface area contributed by atoms with E-state index in [-0.39, 0.29) is 23.2 Å². The standard InChI is InChI=1S/C13H22N2O3S/c1-3-4-11-15(10(7-19-11)13(17)18)12(16)9-5-6-14-8(9)2/h8-11,14H,3-7H2,1-2H3,(H,17,18). The number of carboxylic acid groups (broad SMARTS) is 1. The molecular weight excluding hydrogens is 264 g/mol. The molecule has 0 aliphatic carbocycles. The molecule has 0 saturated carbocycles. The second-order valence-electron chi connectivity index (χ2n) is 5.31. The molecule has 6 heteroatoms. The summed E-state index contributed by atoms with van der Waals surface area (Å²) in [5, 5.41) is 12.6. The average molecular weight is 286 g/mol. The second kappa shape index (κ2) is 6.13. The second-order valence-corrected chi connectivity index (χ2v) is 6.52. The Morgan fingerprint density at radius 1 is 1.47 bits per heavy atom. The predicted octanol–water partition coefficient (Wildman–Crippen LogP) is 1.14. The Bertz CT molecular complexity index is 364. The first-order chi connectivity index (χ1) is 9.06. The van der Waals surface area contributed by atoms with Crippen molar-refractivity contribution < 1.29 is 14.7 Å². The van der Waals surface area contributed by atoms with Gasteiger partial charge in [0.1, 0.15) is 6.04 Å². The third-order valence-corrected chi connectivity index (χ3v) is 5.37. The lowest BCUT2D eigenvalue weighted by atomic mass is 9.99. The van der Waals surface area contributed by atoms with Crippen LogP contribution in [0.3, 0.4) is 0 Å². The first kappa shape index (κ1) is 14.7. The van der Waals surface area contributed by atoms with E-state index in [0.29, 0.717) is 5.75 Å². The topological polar surface area (TPSA) is 69.6 Å². The van der Waals surface area contributed by atoms with E-state index >= 15 is 0 Å². The zero-order chi connectivity index (χ0) is 14.0. The first-order valence-electron chi connectivity index (χ1n) is 6.96. The molecule has 4 unspecified atom stereocenters. The smallest absolute Gasteiger partial charge is 0.327 e. The third-order valence-electron chi connectivity index (χ3n) is 4.01. The molecule has 5 nitrogen and oxygen atoms in total. The van der Waals surface area contributed by atoms with Gasteiger partial charge < -0.3 is 15.3 Å². The summed E-state index contributed by atoms with van der Waals surface area (Å²) in [6, 6.07) is -0.503. The van der Waals surface area contributed by atoms with Gasteiger partial charge in [-0.25, -0.2) is 4.79 Å². The van der Waals surface area contributed by atoms with Gasteiger partial charge in [-0.2, -0.15) is 0 Å². The number of amides is 1. The molecule has 2 saturated heterocycles. The lowest BCUT2D eigenvalue weighted by Crippen LogP contribution is -2.49. The largest absolute Gasteiger partial charge is 0.480 e. The molecule has 19 heavy (non-hydrogen) atoms. The number of rotatable bonds is 4. The monoisotopic (exact) mass is 286 g/mol. The summed E-state index contributed by atoms with van der Waals surface area (Å²) in [6.45, 7) is 4.91. The van der Waals surface area contributed by atoms with Crippen molar-refractivity contribution in [1.82, 2.24) is 10.2 Å². The van der Waals surface area contributed by atoms with Crippen LogP contribution in [0, 0.1) is 5.92 Å². The maximum atomic E-state index is 12.7. The van der Waals surface area contributed by atoms with Crippen LogP contribution in [0.2, 0.25) is 0 Å². The Hall–Kier alpha value is -0.750. The summed E-state index contributed by atoms with van der Waals surface area (Å²) in [5.74, 6) is -0.411. The Kier molecular flexibility index (Phi) is 4.73. The summed E-state index contributed by atoms with van der Waals surface area (Å²) < 4.78 is 0. The van der Waals surface area contributed by atoms with Crippen LogP contribution in [-0.4, -0.2) is 51.6 Å². The van der Waals surface area contributed by atoms with Gasteiger partial charge in [-0.05, 0) is 26.3 Å². The maximum absolute atomic E-state index is 12.7.